The van der Waals surface area contributed by atoms with Crippen LogP contribution in [-0.2, 0) is 10.0 Å². The third kappa shape index (κ3) is 2.85. The van der Waals surface area contributed by atoms with Crippen molar-refractivity contribution >= 4 is 33.4 Å². The lowest BCUT2D eigenvalue weighted by molar-refractivity contribution is 0.0697. The molecule has 0 amide bonds. The van der Waals surface area contributed by atoms with Gasteiger partial charge >= 0.3 is 5.97 Å². The van der Waals surface area contributed by atoms with Gasteiger partial charge in [-0.1, -0.05) is 11.6 Å². The molecule has 7 nitrogen and oxygen atoms in total. The molecule has 2 aromatic rings. The van der Waals surface area contributed by atoms with Gasteiger partial charge in [0.2, 0.25) is 0 Å². The van der Waals surface area contributed by atoms with Crippen molar-refractivity contribution in [2.75, 3.05) is 4.72 Å². The van der Waals surface area contributed by atoms with Crippen LogP contribution in [-0.4, -0.2) is 29.7 Å². The zero-order chi connectivity index (χ0) is 14.0. The first-order chi connectivity index (χ1) is 8.90. The second-order valence-electron chi connectivity index (χ2n) is 3.52. The maximum atomic E-state index is 12.0. The number of hydrogen-bond donors (Lipinski definition) is 3. The highest BCUT2D eigenvalue weighted by Crippen LogP contribution is 2.21. The normalized spacial score (nSPS) is 11.2. The number of rotatable bonds is 4. The van der Waals surface area contributed by atoms with E-state index in [4.69, 9.17) is 16.7 Å². The van der Waals surface area contributed by atoms with Gasteiger partial charge in [0.05, 0.1) is 21.7 Å². The van der Waals surface area contributed by atoms with Gasteiger partial charge < -0.3 is 5.11 Å². The summed E-state index contributed by atoms with van der Waals surface area (Å²) in [6.45, 7) is 0. The van der Waals surface area contributed by atoms with Crippen LogP contribution in [0.15, 0.2) is 35.4 Å². The number of aromatic nitrogens is 2. The highest BCUT2D eigenvalue weighted by Gasteiger charge is 2.18. The summed E-state index contributed by atoms with van der Waals surface area (Å²) in [7, 11) is -3.90. The number of benzene rings is 1. The molecular weight excluding hydrogens is 294 g/mol. The van der Waals surface area contributed by atoms with E-state index in [1.807, 2.05) is 0 Å². The Hall–Kier alpha value is -2.06. The molecule has 0 bridgehead atoms. The van der Waals surface area contributed by atoms with Crippen molar-refractivity contribution in [3.8, 4) is 0 Å². The number of nitrogens with zero attached hydrogens (tertiary/aromatic N) is 1. The Morgan fingerprint density at radius 3 is 2.68 bits per heavy atom. The minimum atomic E-state index is -3.90. The monoisotopic (exact) mass is 301 g/mol. The number of nitrogens with one attached hydrogen (secondary N) is 2. The van der Waals surface area contributed by atoms with E-state index in [0.717, 1.165) is 6.07 Å². The van der Waals surface area contributed by atoms with Gasteiger partial charge in [-0.3, -0.25) is 9.82 Å². The van der Waals surface area contributed by atoms with Gasteiger partial charge in [0.25, 0.3) is 10.0 Å². The number of halogens is 1. The predicted octanol–water partition coefficient (Wildman–Crippen LogP) is 1.56. The Kier molecular flexibility index (Phi) is 3.45. The maximum absolute atomic E-state index is 12.0. The molecule has 0 saturated heterocycles. The van der Waals surface area contributed by atoms with Crippen molar-refractivity contribution in [3.63, 3.8) is 0 Å². The molecule has 0 aliphatic carbocycles. The van der Waals surface area contributed by atoms with E-state index in [2.05, 4.69) is 14.9 Å². The molecule has 0 spiro atoms. The standard InChI is InChI=1S/C10H8ClN3O4S/c11-8-2-1-6(5-7(8)10(15)16)19(17,18)14-9-3-4-12-13-9/h1-5H,(H,15,16)(H2,12,13,14). The topological polar surface area (TPSA) is 112 Å². The van der Waals surface area contributed by atoms with E-state index in [1.165, 1.54) is 24.4 Å². The SMILES string of the molecule is O=C(O)c1cc(S(=O)(=O)Nc2ccn[nH]2)ccc1Cl. The Balaban J connectivity index is 2.41. The van der Waals surface area contributed by atoms with Crippen LogP contribution in [0.3, 0.4) is 0 Å². The largest absolute Gasteiger partial charge is 0.478 e. The van der Waals surface area contributed by atoms with E-state index in [0.29, 0.717) is 0 Å². The summed E-state index contributed by atoms with van der Waals surface area (Å²) in [5.41, 5.74) is -0.283. The molecule has 1 heterocycles. The molecule has 2 rings (SSSR count). The highest BCUT2D eigenvalue weighted by atomic mass is 35.5. The number of carbonyl (C=O) groups is 1. The Morgan fingerprint density at radius 2 is 2.11 bits per heavy atom. The smallest absolute Gasteiger partial charge is 0.337 e. The number of H-pyrrole nitrogens is 1. The number of carboxylic acids is 1. The second-order valence-corrected chi connectivity index (χ2v) is 5.61. The number of aromatic amines is 1. The van der Waals surface area contributed by atoms with E-state index in [1.54, 1.807) is 0 Å². The fourth-order valence-corrected chi connectivity index (χ4v) is 2.59. The van der Waals surface area contributed by atoms with Crippen LogP contribution in [0, 0.1) is 0 Å². The van der Waals surface area contributed by atoms with E-state index in [-0.39, 0.29) is 21.3 Å². The van der Waals surface area contributed by atoms with Gasteiger partial charge in [-0.15, -0.1) is 0 Å². The summed E-state index contributed by atoms with van der Waals surface area (Å²) in [6.07, 6.45) is 1.38. The van der Waals surface area contributed by atoms with Crippen LogP contribution in [0.4, 0.5) is 5.82 Å². The maximum Gasteiger partial charge on any atom is 0.337 e. The van der Waals surface area contributed by atoms with Gasteiger partial charge in [0, 0.05) is 6.07 Å². The van der Waals surface area contributed by atoms with Crippen LogP contribution in [0.25, 0.3) is 0 Å². The Morgan fingerprint density at radius 1 is 1.37 bits per heavy atom. The fraction of sp³-hybridized carbons (Fsp3) is 0. The fourth-order valence-electron chi connectivity index (χ4n) is 1.35. The van der Waals surface area contributed by atoms with Crippen LogP contribution >= 0.6 is 11.6 Å². The van der Waals surface area contributed by atoms with Crippen molar-refractivity contribution in [1.29, 1.82) is 0 Å². The third-order valence-corrected chi connectivity index (χ3v) is 3.92. The minimum absolute atomic E-state index is 0.0343. The van der Waals surface area contributed by atoms with Crippen LogP contribution in [0.5, 0.6) is 0 Å². The lowest BCUT2D eigenvalue weighted by atomic mass is 10.2. The third-order valence-electron chi connectivity index (χ3n) is 2.22. The van der Waals surface area contributed by atoms with Crippen molar-refractivity contribution in [2.45, 2.75) is 4.90 Å². The van der Waals surface area contributed by atoms with Crippen LogP contribution in [0.2, 0.25) is 5.02 Å². The molecule has 9 heteroatoms. The first-order valence-corrected chi connectivity index (χ1v) is 6.81. The highest BCUT2D eigenvalue weighted by molar-refractivity contribution is 7.92. The summed E-state index contributed by atoms with van der Waals surface area (Å²) in [6, 6.07) is 4.84. The van der Waals surface area contributed by atoms with Crippen molar-refractivity contribution in [1.82, 2.24) is 10.2 Å². The molecule has 0 fully saturated rings. The number of sulfonamides is 1. The molecule has 1 aromatic heterocycles. The number of anilines is 1. The molecule has 100 valence electrons. The van der Waals surface area contributed by atoms with Gasteiger partial charge in [0.1, 0.15) is 5.82 Å². The quantitative estimate of drug-likeness (QED) is 0.793. The van der Waals surface area contributed by atoms with Crippen LogP contribution in [0.1, 0.15) is 10.4 Å². The average molecular weight is 302 g/mol. The van der Waals surface area contributed by atoms with Crippen molar-refractivity contribution in [3.05, 3.63) is 41.0 Å². The van der Waals surface area contributed by atoms with Crippen molar-refractivity contribution in [2.24, 2.45) is 0 Å². The molecule has 0 aliphatic rings. The molecule has 1 aromatic carbocycles. The zero-order valence-corrected chi connectivity index (χ0v) is 10.9. The number of carboxylic acid groups (broad SMARTS) is 1. The predicted molar refractivity (Wildman–Crippen MR) is 67.8 cm³/mol. The second kappa shape index (κ2) is 4.90. The van der Waals surface area contributed by atoms with Gasteiger partial charge in [0.15, 0.2) is 0 Å². The first-order valence-electron chi connectivity index (χ1n) is 4.95. The summed E-state index contributed by atoms with van der Waals surface area (Å²) in [4.78, 5) is 10.7. The first kappa shape index (κ1) is 13.4. The molecule has 0 atom stereocenters. The van der Waals surface area contributed by atoms with Gasteiger partial charge in [-0.2, -0.15) is 5.10 Å². The van der Waals surface area contributed by atoms with E-state index >= 15 is 0 Å². The van der Waals surface area contributed by atoms with Crippen LogP contribution < -0.4 is 4.72 Å². The summed E-state index contributed by atoms with van der Waals surface area (Å²) < 4.78 is 26.2. The molecule has 0 saturated carbocycles. The average Bonchev–Trinajstić information content (AvgIpc) is 2.80. The summed E-state index contributed by atoms with van der Waals surface area (Å²) in [5.74, 6) is -1.13. The van der Waals surface area contributed by atoms with Gasteiger partial charge in [-0.05, 0) is 18.2 Å². The number of aromatic carboxylic acids is 1. The van der Waals surface area contributed by atoms with E-state index in [9.17, 15) is 13.2 Å². The Bertz CT molecular complexity index is 712. The molecular formula is C10H8ClN3O4S. The minimum Gasteiger partial charge on any atom is -0.478 e. The lowest BCUT2D eigenvalue weighted by Crippen LogP contribution is -2.14. The molecule has 19 heavy (non-hydrogen) atoms. The van der Waals surface area contributed by atoms with E-state index < -0.39 is 16.0 Å². The molecule has 3 N–H and O–H groups in total. The molecule has 0 aliphatic heterocycles. The van der Waals surface area contributed by atoms with Gasteiger partial charge in [-0.25, -0.2) is 13.2 Å². The molecule has 0 radical (unpaired) electrons. The summed E-state index contributed by atoms with van der Waals surface area (Å²) in [5, 5.41) is 14.9. The zero-order valence-electron chi connectivity index (χ0n) is 9.29. The number of hydrogen-bond acceptors (Lipinski definition) is 4. The Labute approximate surface area is 113 Å². The summed E-state index contributed by atoms with van der Waals surface area (Å²) >= 11 is 5.67. The molecule has 0 unspecified atom stereocenters. The lowest BCUT2D eigenvalue weighted by Gasteiger charge is -2.07. The van der Waals surface area contributed by atoms with Crippen molar-refractivity contribution < 1.29 is 18.3 Å².